The topological polar surface area (TPSA) is 54.0 Å². The molecule has 0 fully saturated rings. The molecule has 1 amide bonds. The van der Waals surface area contributed by atoms with Gasteiger partial charge in [0.05, 0.1) is 18.3 Å². The number of hydrogen-bond acceptors (Lipinski definition) is 4. The normalized spacial score (nSPS) is 10.4. The van der Waals surface area contributed by atoms with Gasteiger partial charge in [-0.05, 0) is 42.0 Å². The van der Waals surface area contributed by atoms with E-state index in [0.717, 1.165) is 30.0 Å². The zero-order valence-electron chi connectivity index (χ0n) is 13.9. The molecule has 0 saturated carbocycles. The van der Waals surface area contributed by atoms with Crippen LogP contribution in [0.25, 0.3) is 0 Å². The lowest BCUT2D eigenvalue weighted by molar-refractivity contribution is -0.115. The molecule has 0 radical (unpaired) electrons. The number of rotatable bonds is 8. The molecular weight excluding hydrogens is 330 g/mol. The molecule has 0 aliphatic carbocycles. The second-order valence-corrected chi connectivity index (χ2v) is 6.78. The van der Waals surface area contributed by atoms with Crippen LogP contribution < -0.4 is 10.6 Å². The molecule has 4 nitrogen and oxygen atoms in total. The molecule has 0 atom stereocenters. The fourth-order valence-corrected chi connectivity index (χ4v) is 3.20. The molecule has 128 valence electrons. The van der Waals surface area contributed by atoms with Crippen molar-refractivity contribution in [2.45, 2.75) is 19.3 Å². The predicted molar refractivity (Wildman–Crippen MR) is 104 cm³/mol. The maximum absolute atomic E-state index is 12.0. The zero-order valence-corrected chi connectivity index (χ0v) is 14.8. The molecule has 3 aromatic rings. The van der Waals surface area contributed by atoms with Crippen LogP contribution >= 0.6 is 11.3 Å². The smallest absolute Gasteiger partial charge is 0.230 e. The highest BCUT2D eigenvalue weighted by molar-refractivity contribution is 7.10. The minimum absolute atomic E-state index is 0.0430. The second-order valence-electron chi connectivity index (χ2n) is 5.75. The van der Waals surface area contributed by atoms with Crippen LogP contribution in [-0.4, -0.2) is 17.4 Å². The van der Waals surface area contributed by atoms with Crippen LogP contribution in [0.4, 0.5) is 11.5 Å². The third-order valence-corrected chi connectivity index (χ3v) is 4.64. The molecule has 0 aliphatic heterocycles. The van der Waals surface area contributed by atoms with Gasteiger partial charge < -0.3 is 10.6 Å². The summed E-state index contributed by atoms with van der Waals surface area (Å²) in [7, 11) is 0. The number of aromatic nitrogens is 1. The molecule has 3 rings (SSSR count). The lowest BCUT2D eigenvalue weighted by Gasteiger charge is -2.08. The van der Waals surface area contributed by atoms with Gasteiger partial charge in [-0.15, -0.1) is 11.3 Å². The number of aryl methyl sites for hydroxylation is 1. The van der Waals surface area contributed by atoms with Gasteiger partial charge in [0.15, 0.2) is 0 Å². The molecule has 0 saturated heterocycles. The lowest BCUT2D eigenvalue weighted by atomic mass is 10.1. The first-order valence-electron chi connectivity index (χ1n) is 8.36. The molecule has 0 spiro atoms. The quantitative estimate of drug-likeness (QED) is 0.593. The fraction of sp³-hybridized carbons (Fsp3) is 0.200. The van der Waals surface area contributed by atoms with Crippen molar-refractivity contribution in [3.8, 4) is 0 Å². The molecule has 0 aliphatic rings. The van der Waals surface area contributed by atoms with E-state index in [1.807, 2.05) is 35.7 Å². The maximum Gasteiger partial charge on any atom is 0.230 e. The number of thiophene rings is 1. The minimum Gasteiger partial charge on any atom is -0.384 e. The van der Waals surface area contributed by atoms with Gasteiger partial charge >= 0.3 is 0 Å². The summed E-state index contributed by atoms with van der Waals surface area (Å²) < 4.78 is 0. The highest BCUT2D eigenvalue weighted by atomic mass is 32.1. The van der Waals surface area contributed by atoms with Crippen molar-refractivity contribution in [3.05, 3.63) is 76.6 Å². The van der Waals surface area contributed by atoms with Gasteiger partial charge in [-0.3, -0.25) is 4.79 Å². The number of pyridine rings is 1. The lowest BCUT2D eigenvalue weighted by Crippen LogP contribution is -2.14. The van der Waals surface area contributed by atoms with Crippen molar-refractivity contribution in [1.29, 1.82) is 0 Å². The Hall–Kier alpha value is -2.66. The number of benzene rings is 1. The Morgan fingerprint density at radius 2 is 1.92 bits per heavy atom. The predicted octanol–water partition coefficient (Wildman–Crippen LogP) is 4.37. The van der Waals surface area contributed by atoms with E-state index >= 15 is 0 Å². The third kappa shape index (κ3) is 5.72. The Balaban J connectivity index is 1.40. The zero-order chi connectivity index (χ0) is 17.3. The average Bonchev–Trinajstić information content (AvgIpc) is 3.14. The van der Waals surface area contributed by atoms with Gasteiger partial charge in [-0.25, -0.2) is 4.98 Å². The summed E-state index contributed by atoms with van der Waals surface area (Å²) in [6.07, 6.45) is 4.25. The summed E-state index contributed by atoms with van der Waals surface area (Å²) in [5, 5.41) is 8.15. The summed E-state index contributed by atoms with van der Waals surface area (Å²) >= 11 is 1.58. The molecule has 25 heavy (non-hydrogen) atoms. The third-order valence-electron chi connectivity index (χ3n) is 3.76. The Bertz CT molecular complexity index is 770. The van der Waals surface area contributed by atoms with E-state index < -0.39 is 0 Å². The number of nitrogens with one attached hydrogen (secondary N) is 2. The van der Waals surface area contributed by atoms with Crippen LogP contribution in [-0.2, 0) is 17.6 Å². The van der Waals surface area contributed by atoms with E-state index in [9.17, 15) is 4.79 Å². The summed E-state index contributed by atoms with van der Waals surface area (Å²) in [5.74, 6) is 0.537. The van der Waals surface area contributed by atoms with Crippen molar-refractivity contribution < 1.29 is 4.79 Å². The number of anilines is 2. The number of amides is 1. The summed E-state index contributed by atoms with van der Waals surface area (Å²) in [5.41, 5.74) is 2.32. The number of nitrogens with zero attached hydrogens (tertiary/aromatic N) is 1. The minimum atomic E-state index is -0.0430. The highest BCUT2D eigenvalue weighted by Gasteiger charge is 2.05. The van der Waals surface area contributed by atoms with Crippen LogP contribution in [0, 0.1) is 0 Å². The van der Waals surface area contributed by atoms with Gasteiger partial charge in [0.25, 0.3) is 0 Å². The maximum atomic E-state index is 12.0. The van der Waals surface area contributed by atoms with Crippen molar-refractivity contribution in [2.75, 3.05) is 17.2 Å². The van der Waals surface area contributed by atoms with E-state index in [0.29, 0.717) is 12.2 Å². The van der Waals surface area contributed by atoms with Gasteiger partial charge in [0, 0.05) is 11.4 Å². The van der Waals surface area contributed by atoms with Crippen LogP contribution in [0.15, 0.2) is 66.2 Å². The van der Waals surface area contributed by atoms with Crippen LogP contribution in [0.5, 0.6) is 0 Å². The summed E-state index contributed by atoms with van der Waals surface area (Å²) in [4.78, 5) is 17.3. The van der Waals surface area contributed by atoms with E-state index in [2.05, 4.69) is 39.9 Å². The molecule has 5 heteroatoms. The molecule has 2 N–H and O–H groups in total. The first-order valence-corrected chi connectivity index (χ1v) is 9.24. The van der Waals surface area contributed by atoms with Crippen molar-refractivity contribution in [3.63, 3.8) is 0 Å². The summed E-state index contributed by atoms with van der Waals surface area (Å²) in [6.45, 7) is 0.890. The molecule has 2 aromatic heterocycles. The standard InChI is InChI=1S/C20H21N3OS/c24-20(14-18-9-5-13-25-18)23-19-11-10-17(15-22-19)21-12-4-8-16-6-2-1-3-7-16/h1-3,5-7,9-11,13,15,21H,4,8,12,14H2,(H,22,23,24). The monoisotopic (exact) mass is 351 g/mol. The largest absolute Gasteiger partial charge is 0.384 e. The van der Waals surface area contributed by atoms with Gasteiger partial charge in [-0.1, -0.05) is 36.4 Å². The van der Waals surface area contributed by atoms with Gasteiger partial charge in [-0.2, -0.15) is 0 Å². The van der Waals surface area contributed by atoms with Gasteiger partial charge in [0.2, 0.25) is 5.91 Å². The number of hydrogen-bond donors (Lipinski definition) is 2. The molecule has 0 bridgehead atoms. The highest BCUT2D eigenvalue weighted by Crippen LogP contribution is 2.13. The van der Waals surface area contributed by atoms with Gasteiger partial charge in [0.1, 0.15) is 5.82 Å². The Kier molecular flexibility index (Phi) is 6.17. The van der Waals surface area contributed by atoms with Crippen LogP contribution in [0.1, 0.15) is 16.9 Å². The van der Waals surface area contributed by atoms with E-state index in [1.54, 1.807) is 17.5 Å². The Morgan fingerprint density at radius 1 is 1.04 bits per heavy atom. The van der Waals surface area contributed by atoms with Crippen LogP contribution in [0.2, 0.25) is 0 Å². The number of carbonyl (C=O) groups excluding carboxylic acids is 1. The SMILES string of the molecule is O=C(Cc1cccs1)Nc1ccc(NCCCc2ccccc2)cn1. The molecular formula is C20H21N3OS. The molecule has 1 aromatic carbocycles. The Morgan fingerprint density at radius 3 is 2.64 bits per heavy atom. The van der Waals surface area contributed by atoms with Crippen molar-refractivity contribution in [2.24, 2.45) is 0 Å². The molecule has 2 heterocycles. The Labute approximate surface area is 151 Å². The fourth-order valence-electron chi connectivity index (χ4n) is 2.50. The average molecular weight is 351 g/mol. The van der Waals surface area contributed by atoms with E-state index in [4.69, 9.17) is 0 Å². The van der Waals surface area contributed by atoms with E-state index in [1.165, 1.54) is 5.56 Å². The molecule has 0 unspecified atom stereocenters. The van der Waals surface area contributed by atoms with Crippen molar-refractivity contribution >= 4 is 28.7 Å². The first-order chi connectivity index (χ1) is 12.3. The number of carbonyl (C=O) groups is 1. The van der Waals surface area contributed by atoms with Crippen LogP contribution in [0.3, 0.4) is 0 Å². The second kappa shape index (κ2) is 8.99. The summed E-state index contributed by atoms with van der Waals surface area (Å²) in [6, 6.07) is 18.1. The first kappa shape index (κ1) is 17.2. The van der Waals surface area contributed by atoms with E-state index in [-0.39, 0.29) is 5.91 Å². The van der Waals surface area contributed by atoms with Crippen molar-refractivity contribution in [1.82, 2.24) is 4.98 Å².